The average molecular weight is 1470 g/mol. The Labute approximate surface area is 647 Å². The summed E-state index contributed by atoms with van der Waals surface area (Å²) in [5, 5.41) is 3.09. The SMILES string of the molecule is CCCCC/C=C\C/C=C\CCCCCCCCN(CCCCCCCC/C=C\C/C=C\CCCCC)CCCN(CCCCCCCC/C=C\C/C=C\CCCCC)CCCCCC(=O)Nc1nc(OCCCC)nc2c1[nH]c(=O)n2CCCN(CCCN1CCOCC1)Cc1cccc(C(=O)OC)c1. The van der Waals surface area contributed by atoms with Crippen LogP contribution in [0.3, 0.4) is 0 Å². The van der Waals surface area contributed by atoms with E-state index in [1.807, 2.05) is 18.2 Å². The number of amides is 1. The highest BCUT2D eigenvalue weighted by Crippen LogP contribution is 2.23. The minimum atomic E-state index is -0.356. The van der Waals surface area contributed by atoms with E-state index in [1.165, 1.54) is 245 Å². The van der Waals surface area contributed by atoms with Gasteiger partial charge >= 0.3 is 17.7 Å². The summed E-state index contributed by atoms with van der Waals surface area (Å²) in [7, 11) is 1.41. The van der Waals surface area contributed by atoms with Crippen molar-refractivity contribution < 1.29 is 23.8 Å². The fourth-order valence-corrected chi connectivity index (χ4v) is 14.1. The fourth-order valence-electron chi connectivity index (χ4n) is 14.1. The molecule has 106 heavy (non-hydrogen) atoms. The zero-order valence-electron chi connectivity index (χ0n) is 68.5. The molecule has 15 nitrogen and oxygen atoms in total. The summed E-state index contributed by atoms with van der Waals surface area (Å²) in [4.78, 5) is 63.2. The quantitative estimate of drug-likeness (QED) is 0.0315. The predicted octanol–water partition coefficient (Wildman–Crippen LogP) is 22.6. The van der Waals surface area contributed by atoms with E-state index in [-0.39, 0.29) is 29.4 Å². The third kappa shape index (κ3) is 48.2. The lowest BCUT2D eigenvalue weighted by Crippen LogP contribution is -2.38. The number of allylic oxidation sites excluding steroid dienone is 12. The highest BCUT2D eigenvalue weighted by molar-refractivity contribution is 5.97. The van der Waals surface area contributed by atoms with Crippen molar-refractivity contribution in [3.05, 3.63) is 119 Å². The first-order valence-electron chi connectivity index (χ1n) is 43.8. The third-order valence-corrected chi connectivity index (χ3v) is 20.6. The number of hydrogen-bond donors (Lipinski definition) is 2. The van der Waals surface area contributed by atoms with Crippen molar-refractivity contribution >= 4 is 28.9 Å². The molecule has 4 rings (SSSR count). The van der Waals surface area contributed by atoms with E-state index in [9.17, 15) is 14.4 Å². The monoisotopic (exact) mass is 1470 g/mol. The molecule has 0 aliphatic carbocycles. The van der Waals surface area contributed by atoms with Crippen LogP contribution < -0.4 is 15.7 Å². The smallest absolute Gasteiger partial charge is 0.337 e. The van der Waals surface area contributed by atoms with Crippen LogP contribution in [0.2, 0.25) is 0 Å². The molecule has 0 radical (unpaired) electrons. The molecular weight excluding hydrogens is 1320 g/mol. The van der Waals surface area contributed by atoms with Crippen LogP contribution in [0.1, 0.15) is 333 Å². The van der Waals surface area contributed by atoms with Crippen molar-refractivity contribution in [2.24, 2.45) is 0 Å². The number of aromatic amines is 1. The third-order valence-electron chi connectivity index (χ3n) is 20.6. The van der Waals surface area contributed by atoms with Gasteiger partial charge in [0.15, 0.2) is 11.5 Å². The summed E-state index contributed by atoms with van der Waals surface area (Å²) in [5.41, 5.74) is 2.07. The minimum Gasteiger partial charge on any atom is -0.465 e. The minimum absolute atomic E-state index is 0.130. The summed E-state index contributed by atoms with van der Waals surface area (Å²) in [5.74, 6) is -0.210. The number of aromatic nitrogens is 4. The average Bonchev–Trinajstić information content (AvgIpc) is 1.63. The van der Waals surface area contributed by atoms with E-state index in [1.54, 1.807) is 10.6 Å². The summed E-state index contributed by atoms with van der Waals surface area (Å²) < 4.78 is 18.4. The largest absolute Gasteiger partial charge is 0.465 e. The normalized spacial score (nSPS) is 13.3. The van der Waals surface area contributed by atoms with Gasteiger partial charge in [-0.25, -0.2) is 9.59 Å². The molecule has 1 aromatic carbocycles. The van der Waals surface area contributed by atoms with Gasteiger partial charge in [-0.3, -0.25) is 19.2 Å². The number of hydrogen-bond acceptors (Lipinski definition) is 12. The highest BCUT2D eigenvalue weighted by atomic mass is 16.5. The number of imidazole rings is 1. The van der Waals surface area contributed by atoms with Crippen LogP contribution in [-0.2, 0) is 27.4 Å². The van der Waals surface area contributed by atoms with Crippen LogP contribution >= 0.6 is 0 Å². The highest BCUT2D eigenvalue weighted by Gasteiger charge is 2.20. The number of unbranched alkanes of at least 4 members (excludes halogenated alkanes) is 30. The van der Waals surface area contributed by atoms with Gasteiger partial charge in [0.25, 0.3) is 0 Å². The molecule has 2 N–H and O–H groups in total. The van der Waals surface area contributed by atoms with Crippen molar-refractivity contribution in [3.63, 3.8) is 0 Å². The maximum absolute atomic E-state index is 13.9. The fraction of sp³-hybridized carbons (Fsp3) is 0.725. The van der Waals surface area contributed by atoms with Gasteiger partial charge in [0.05, 0.1) is 32.5 Å². The number of fused-ring (bicyclic) bond motifs is 1. The molecule has 0 bridgehead atoms. The summed E-state index contributed by atoms with van der Waals surface area (Å²) in [6, 6.07) is 7.78. The number of H-pyrrole nitrogens is 1. The number of carbonyl (C=O) groups is 2. The molecule has 1 amide bonds. The van der Waals surface area contributed by atoms with Crippen LogP contribution in [0.25, 0.3) is 11.2 Å². The van der Waals surface area contributed by atoms with E-state index in [0.29, 0.717) is 55.8 Å². The lowest BCUT2D eigenvalue weighted by molar-refractivity contribution is -0.116. The molecule has 3 heterocycles. The topological polar surface area (TPSA) is 150 Å². The van der Waals surface area contributed by atoms with E-state index < -0.39 is 0 Å². The maximum atomic E-state index is 13.9. The molecule has 1 aliphatic rings. The van der Waals surface area contributed by atoms with Gasteiger partial charge in [0.2, 0.25) is 5.91 Å². The zero-order valence-corrected chi connectivity index (χ0v) is 68.5. The van der Waals surface area contributed by atoms with Gasteiger partial charge < -0.3 is 34.3 Å². The number of methoxy groups -OCH3 is 1. The van der Waals surface area contributed by atoms with E-state index in [4.69, 9.17) is 24.2 Å². The molecule has 600 valence electrons. The Morgan fingerprint density at radius 1 is 0.491 bits per heavy atom. The Bertz CT molecular complexity index is 2800. The molecule has 1 fully saturated rings. The zero-order chi connectivity index (χ0) is 75.5. The van der Waals surface area contributed by atoms with Crippen LogP contribution in [0.15, 0.2) is 102 Å². The van der Waals surface area contributed by atoms with Crippen LogP contribution in [0, 0.1) is 0 Å². The van der Waals surface area contributed by atoms with Gasteiger partial charge in [-0.1, -0.05) is 241 Å². The second-order valence-corrected chi connectivity index (χ2v) is 30.1. The second-order valence-electron chi connectivity index (χ2n) is 30.1. The number of aryl methyl sites for hydroxylation is 1. The van der Waals surface area contributed by atoms with Gasteiger partial charge in [0, 0.05) is 39.1 Å². The number of carbonyl (C=O) groups excluding carboxylic acids is 2. The van der Waals surface area contributed by atoms with Gasteiger partial charge in [-0.2, -0.15) is 9.97 Å². The Kier molecular flexibility index (Phi) is 58.3. The van der Waals surface area contributed by atoms with Gasteiger partial charge in [-0.05, 0) is 224 Å². The number of morpholine rings is 1. The predicted molar refractivity (Wildman–Crippen MR) is 451 cm³/mol. The molecule has 15 heteroatoms. The second kappa shape index (κ2) is 66.5. The number of anilines is 1. The van der Waals surface area contributed by atoms with Crippen LogP contribution in [-0.4, -0.2) is 150 Å². The van der Waals surface area contributed by atoms with Crippen molar-refractivity contribution in [2.75, 3.05) is 104 Å². The van der Waals surface area contributed by atoms with Crippen molar-refractivity contribution in [3.8, 4) is 6.01 Å². The molecule has 1 saturated heterocycles. The van der Waals surface area contributed by atoms with Crippen molar-refractivity contribution in [1.29, 1.82) is 0 Å². The maximum Gasteiger partial charge on any atom is 0.337 e. The number of ether oxygens (including phenoxy) is 3. The van der Waals surface area contributed by atoms with E-state index >= 15 is 0 Å². The summed E-state index contributed by atoms with van der Waals surface area (Å²) in [6.07, 6.45) is 82.1. The standard InChI is InChI=1S/C91H155N9O6/c1-6-10-14-17-20-23-26-29-32-35-38-41-44-47-50-55-66-96(67-56-51-48-45-42-39-36-33-30-27-24-21-18-15-11-7-2)70-60-71-97(68-57-52-49-46-43-40-37-34-31-28-25-22-19-16-12-8-3)69-58-53-54-65-85(101)92-87-86-88(95-90(94-87)106-78-13-9-4)100(91(103)93-86)75-62-74-99(73-61-72-98-76-79-105-80-77-98)82-83-63-59-64-84(81-83)89(102)104-5/h20-25,29-34,59,63-64,81H,6-19,26-28,35-58,60-62,65-80,82H2,1-5H3,(H,93,103)(H,92,94,95,101)/b23-20-,24-21-,25-22-,32-29-,33-30-,34-31-. The number of rotatable bonds is 71. The summed E-state index contributed by atoms with van der Waals surface area (Å²) >= 11 is 0. The molecule has 0 atom stereocenters. The van der Waals surface area contributed by atoms with Gasteiger partial charge in [0.1, 0.15) is 5.52 Å². The Morgan fingerprint density at radius 2 is 0.915 bits per heavy atom. The molecule has 3 aromatic rings. The van der Waals surface area contributed by atoms with Gasteiger partial charge in [-0.15, -0.1) is 0 Å². The number of nitrogens with one attached hydrogen (secondary N) is 2. The Balaban J connectivity index is 1.34. The van der Waals surface area contributed by atoms with Crippen molar-refractivity contribution in [1.82, 2.24) is 39.1 Å². The Hall–Kier alpha value is -5.45. The molecular formula is C91H155N9O6. The summed E-state index contributed by atoms with van der Waals surface area (Å²) in [6.45, 7) is 23.2. The number of esters is 1. The molecule has 0 unspecified atom stereocenters. The van der Waals surface area contributed by atoms with E-state index in [2.05, 4.69) is 131 Å². The lowest BCUT2D eigenvalue weighted by atomic mass is 10.1. The lowest BCUT2D eigenvalue weighted by Gasteiger charge is -2.28. The number of nitrogens with zero attached hydrogens (tertiary/aromatic N) is 7. The first-order chi connectivity index (χ1) is 52.3. The molecule has 0 spiro atoms. The first kappa shape index (κ1) is 92.9. The van der Waals surface area contributed by atoms with Crippen LogP contribution in [0.4, 0.5) is 5.82 Å². The van der Waals surface area contributed by atoms with E-state index in [0.717, 1.165) is 122 Å². The first-order valence-corrected chi connectivity index (χ1v) is 43.8. The molecule has 0 saturated carbocycles. The molecule has 1 aliphatic heterocycles. The molecule has 2 aromatic heterocycles. The Morgan fingerprint density at radius 3 is 1.39 bits per heavy atom. The van der Waals surface area contributed by atoms with Crippen molar-refractivity contribution in [2.45, 2.75) is 330 Å². The number of benzene rings is 1. The van der Waals surface area contributed by atoms with Crippen LogP contribution in [0.5, 0.6) is 6.01 Å².